The highest BCUT2D eigenvalue weighted by atomic mass is 16.2. The van der Waals surface area contributed by atoms with E-state index in [1.807, 2.05) is 61.5 Å². The normalized spacial score (nSPS) is 15.7. The van der Waals surface area contributed by atoms with E-state index < -0.39 is 0 Å². The van der Waals surface area contributed by atoms with Crippen molar-refractivity contribution in [2.45, 2.75) is 57.5 Å². The number of para-hydroxylation sites is 1. The highest BCUT2D eigenvalue weighted by Crippen LogP contribution is 2.34. The van der Waals surface area contributed by atoms with Crippen LogP contribution in [0, 0.1) is 0 Å². The molecule has 1 aromatic heterocycles. The van der Waals surface area contributed by atoms with Gasteiger partial charge in [0.1, 0.15) is 5.69 Å². The lowest BCUT2D eigenvalue weighted by molar-refractivity contribution is 0.0942. The number of aromatic nitrogens is 1. The van der Waals surface area contributed by atoms with Gasteiger partial charge in [-0.05, 0) is 87.3 Å². The second-order valence-electron chi connectivity index (χ2n) is 10.7. The Bertz CT molecular complexity index is 1240. The predicted molar refractivity (Wildman–Crippen MR) is 148 cm³/mol. The molecular formula is C31H38N4O2. The molecule has 1 saturated carbocycles. The molecule has 2 aliphatic rings. The average Bonchev–Trinajstić information content (AvgIpc) is 3.24. The highest BCUT2D eigenvalue weighted by Gasteiger charge is 2.27. The van der Waals surface area contributed by atoms with E-state index in [0.717, 1.165) is 29.9 Å². The topological polar surface area (TPSA) is 57.6 Å². The summed E-state index contributed by atoms with van der Waals surface area (Å²) in [5, 5.41) is 3.06. The van der Waals surface area contributed by atoms with Crippen molar-refractivity contribution in [1.82, 2.24) is 14.8 Å². The minimum Gasteiger partial charge on any atom is -0.351 e. The Labute approximate surface area is 220 Å². The maximum Gasteiger partial charge on any atom is 0.267 e. The minimum absolute atomic E-state index is 0.00742. The minimum atomic E-state index is -0.0689. The molecule has 2 heterocycles. The molecule has 1 aliphatic carbocycles. The molecule has 0 unspecified atom stereocenters. The Morgan fingerprint density at radius 2 is 1.68 bits per heavy atom. The van der Waals surface area contributed by atoms with Gasteiger partial charge in [0, 0.05) is 23.5 Å². The number of hydrogen-bond acceptors (Lipinski definition) is 3. The Morgan fingerprint density at radius 3 is 2.43 bits per heavy atom. The van der Waals surface area contributed by atoms with Gasteiger partial charge in [0.05, 0.1) is 13.1 Å². The number of nitrogens with one attached hydrogen (secondary N) is 1. The molecule has 0 spiro atoms. The third-order valence-electron chi connectivity index (χ3n) is 7.78. The zero-order valence-electron chi connectivity index (χ0n) is 22.1. The molecule has 0 bridgehead atoms. The van der Waals surface area contributed by atoms with Crippen LogP contribution in [0.2, 0.25) is 0 Å². The fourth-order valence-corrected chi connectivity index (χ4v) is 5.72. The van der Waals surface area contributed by atoms with Gasteiger partial charge in [-0.2, -0.15) is 0 Å². The fraction of sp³-hybridized carbons (Fsp3) is 0.419. The van der Waals surface area contributed by atoms with Crippen LogP contribution >= 0.6 is 0 Å². The maximum atomic E-state index is 13.8. The van der Waals surface area contributed by atoms with Gasteiger partial charge in [-0.1, -0.05) is 49.6 Å². The summed E-state index contributed by atoms with van der Waals surface area (Å²) < 4.78 is 2.06. The van der Waals surface area contributed by atoms with Crippen LogP contribution in [0.3, 0.4) is 0 Å². The first-order chi connectivity index (χ1) is 18.0. The molecule has 0 atom stereocenters. The van der Waals surface area contributed by atoms with Crippen molar-refractivity contribution >= 4 is 17.5 Å². The molecule has 2 aromatic carbocycles. The zero-order chi connectivity index (χ0) is 25.8. The lowest BCUT2D eigenvalue weighted by atomic mass is 9.84. The summed E-state index contributed by atoms with van der Waals surface area (Å²) in [6.07, 6.45) is 7.32. The van der Waals surface area contributed by atoms with Gasteiger partial charge in [-0.3, -0.25) is 9.59 Å². The standard InChI is InChI=1S/C31H38N4O2/c1-33(2)20-8-19-32-30(36)29-18-17-27-22-35(28-12-7-6-11-26(28)21-34(27)29)31(37)25-15-13-24(14-16-25)23-9-4-3-5-10-23/h6-7,11-18,23H,3-5,8-10,19-22H2,1-2H3,(H,32,36). The molecule has 2 amide bonds. The zero-order valence-corrected chi connectivity index (χ0v) is 22.1. The summed E-state index contributed by atoms with van der Waals surface area (Å²) in [6.45, 7) is 2.55. The van der Waals surface area contributed by atoms with Gasteiger partial charge in [0.15, 0.2) is 0 Å². The second kappa shape index (κ2) is 11.3. The SMILES string of the molecule is CN(C)CCCNC(=O)c1ccc2n1Cc1ccccc1N(C(=O)c1ccc(C3CCCCC3)cc1)C2. The van der Waals surface area contributed by atoms with Gasteiger partial charge in [0.25, 0.3) is 11.8 Å². The van der Waals surface area contributed by atoms with E-state index in [1.54, 1.807) is 0 Å². The summed E-state index contributed by atoms with van der Waals surface area (Å²) in [5.74, 6) is 0.542. The maximum absolute atomic E-state index is 13.8. The molecule has 0 radical (unpaired) electrons. The summed E-state index contributed by atoms with van der Waals surface area (Å²) >= 11 is 0. The Balaban J connectivity index is 1.37. The predicted octanol–water partition coefficient (Wildman–Crippen LogP) is 5.43. The number of hydrogen-bond donors (Lipinski definition) is 1. The molecule has 6 nitrogen and oxygen atoms in total. The lowest BCUT2D eigenvalue weighted by Crippen LogP contribution is -2.31. The highest BCUT2D eigenvalue weighted by molar-refractivity contribution is 6.06. The summed E-state index contributed by atoms with van der Waals surface area (Å²) in [4.78, 5) is 30.8. The molecule has 6 heteroatoms. The summed E-state index contributed by atoms with van der Waals surface area (Å²) in [5.41, 5.74) is 5.59. The molecule has 37 heavy (non-hydrogen) atoms. The molecule has 1 aliphatic heterocycles. The third kappa shape index (κ3) is 5.64. The van der Waals surface area contributed by atoms with Crippen LogP contribution in [0.5, 0.6) is 0 Å². The van der Waals surface area contributed by atoms with Crippen molar-refractivity contribution in [2.24, 2.45) is 0 Å². The van der Waals surface area contributed by atoms with E-state index in [0.29, 0.717) is 36.8 Å². The first-order valence-corrected chi connectivity index (χ1v) is 13.6. The number of anilines is 1. The average molecular weight is 499 g/mol. The van der Waals surface area contributed by atoms with Crippen LogP contribution in [0.4, 0.5) is 5.69 Å². The monoisotopic (exact) mass is 498 g/mol. The molecule has 3 aromatic rings. The lowest BCUT2D eigenvalue weighted by Gasteiger charge is -2.24. The summed E-state index contributed by atoms with van der Waals surface area (Å²) in [7, 11) is 4.06. The van der Waals surface area contributed by atoms with Crippen LogP contribution in [0.1, 0.15) is 82.1 Å². The van der Waals surface area contributed by atoms with Crippen molar-refractivity contribution in [3.8, 4) is 0 Å². The van der Waals surface area contributed by atoms with Gasteiger partial charge >= 0.3 is 0 Å². The fourth-order valence-electron chi connectivity index (χ4n) is 5.72. The number of fused-ring (bicyclic) bond motifs is 2. The Kier molecular flexibility index (Phi) is 7.75. The smallest absolute Gasteiger partial charge is 0.267 e. The third-order valence-corrected chi connectivity index (χ3v) is 7.78. The van der Waals surface area contributed by atoms with Crippen molar-refractivity contribution in [3.63, 3.8) is 0 Å². The largest absolute Gasteiger partial charge is 0.351 e. The number of carbonyl (C=O) groups excluding carboxylic acids is 2. The van der Waals surface area contributed by atoms with Gasteiger partial charge in [-0.25, -0.2) is 0 Å². The molecule has 1 fully saturated rings. The Hall–Kier alpha value is -3.38. The van der Waals surface area contributed by atoms with E-state index in [9.17, 15) is 9.59 Å². The van der Waals surface area contributed by atoms with Crippen LogP contribution < -0.4 is 10.2 Å². The van der Waals surface area contributed by atoms with Crippen molar-refractivity contribution in [3.05, 3.63) is 88.7 Å². The molecule has 194 valence electrons. The van der Waals surface area contributed by atoms with Crippen molar-refractivity contribution < 1.29 is 9.59 Å². The van der Waals surface area contributed by atoms with Crippen molar-refractivity contribution in [2.75, 3.05) is 32.1 Å². The quantitative estimate of drug-likeness (QED) is 0.442. The first-order valence-electron chi connectivity index (χ1n) is 13.6. The molecule has 0 saturated heterocycles. The van der Waals surface area contributed by atoms with Gasteiger partial charge < -0.3 is 19.7 Å². The number of rotatable bonds is 7. The van der Waals surface area contributed by atoms with Crippen LogP contribution in [0.25, 0.3) is 0 Å². The van der Waals surface area contributed by atoms with E-state index in [1.165, 1.54) is 37.7 Å². The van der Waals surface area contributed by atoms with Crippen LogP contribution in [0.15, 0.2) is 60.7 Å². The summed E-state index contributed by atoms with van der Waals surface area (Å²) in [6, 6.07) is 20.2. The van der Waals surface area contributed by atoms with E-state index in [4.69, 9.17) is 0 Å². The number of carbonyl (C=O) groups is 2. The number of amides is 2. The number of nitrogens with zero attached hydrogens (tertiary/aromatic N) is 3. The van der Waals surface area contributed by atoms with E-state index in [2.05, 4.69) is 33.0 Å². The molecular weight excluding hydrogens is 460 g/mol. The molecule has 1 N–H and O–H groups in total. The van der Waals surface area contributed by atoms with Gasteiger partial charge in [0.2, 0.25) is 0 Å². The van der Waals surface area contributed by atoms with Crippen LogP contribution in [-0.2, 0) is 13.1 Å². The van der Waals surface area contributed by atoms with Gasteiger partial charge in [-0.15, -0.1) is 0 Å². The Morgan fingerprint density at radius 1 is 0.919 bits per heavy atom. The molecule has 5 rings (SSSR count). The van der Waals surface area contributed by atoms with Crippen LogP contribution in [-0.4, -0.2) is 48.5 Å². The van der Waals surface area contributed by atoms with E-state index in [-0.39, 0.29) is 11.8 Å². The number of benzene rings is 2. The first kappa shape index (κ1) is 25.3. The second-order valence-corrected chi connectivity index (χ2v) is 10.7. The van der Waals surface area contributed by atoms with E-state index >= 15 is 0 Å². The van der Waals surface area contributed by atoms with Crippen molar-refractivity contribution in [1.29, 1.82) is 0 Å².